The van der Waals surface area contributed by atoms with E-state index in [-0.39, 0.29) is 5.60 Å². The highest BCUT2D eigenvalue weighted by molar-refractivity contribution is 5.50. The van der Waals surface area contributed by atoms with Gasteiger partial charge in [0, 0.05) is 39.2 Å². The molecule has 2 rings (SSSR count). The van der Waals surface area contributed by atoms with Crippen LogP contribution < -0.4 is 10.2 Å². The number of hydrogen-bond acceptors (Lipinski definition) is 5. The van der Waals surface area contributed by atoms with Crippen molar-refractivity contribution in [2.75, 3.05) is 37.0 Å². The maximum atomic E-state index is 5.66. The predicted octanol–water partition coefficient (Wildman–Crippen LogP) is 2.48. The molecular weight excluding hydrogens is 252 g/mol. The van der Waals surface area contributed by atoms with Crippen molar-refractivity contribution < 1.29 is 4.74 Å². The lowest BCUT2D eigenvalue weighted by atomic mass is 9.95. The second kappa shape index (κ2) is 6.39. The molecule has 1 saturated heterocycles. The van der Waals surface area contributed by atoms with E-state index in [0.717, 1.165) is 56.4 Å². The molecule has 0 amide bonds. The molecule has 1 aliphatic heterocycles. The SMILES string of the molecule is CCNc1cc(N2CCCC(C)(OC)C2)nc(CC)n1. The lowest BCUT2D eigenvalue weighted by molar-refractivity contribution is -0.00482. The third-order valence-corrected chi connectivity index (χ3v) is 3.91. The molecule has 0 aromatic carbocycles. The molecule has 112 valence electrons. The summed E-state index contributed by atoms with van der Waals surface area (Å²) in [6.07, 6.45) is 3.08. The van der Waals surface area contributed by atoms with Gasteiger partial charge in [0.2, 0.25) is 0 Å². The molecule has 0 bridgehead atoms. The molecule has 5 nitrogen and oxygen atoms in total. The molecule has 0 radical (unpaired) electrons. The van der Waals surface area contributed by atoms with Crippen LogP contribution in [0.5, 0.6) is 0 Å². The van der Waals surface area contributed by atoms with Crippen molar-refractivity contribution in [2.45, 2.75) is 45.6 Å². The summed E-state index contributed by atoms with van der Waals surface area (Å²) in [7, 11) is 1.80. The molecule has 0 saturated carbocycles. The van der Waals surface area contributed by atoms with Gasteiger partial charge in [-0.1, -0.05) is 6.92 Å². The van der Waals surface area contributed by atoms with Gasteiger partial charge in [-0.3, -0.25) is 0 Å². The second-order valence-electron chi connectivity index (χ2n) is 5.59. The summed E-state index contributed by atoms with van der Waals surface area (Å²) in [5, 5.41) is 3.29. The van der Waals surface area contributed by atoms with Gasteiger partial charge in [-0.25, -0.2) is 9.97 Å². The van der Waals surface area contributed by atoms with Crippen LogP contribution in [0.3, 0.4) is 0 Å². The van der Waals surface area contributed by atoms with E-state index in [2.05, 4.69) is 41.0 Å². The van der Waals surface area contributed by atoms with E-state index in [1.807, 2.05) is 6.07 Å². The van der Waals surface area contributed by atoms with Crippen molar-refractivity contribution in [1.82, 2.24) is 9.97 Å². The molecule has 5 heteroatoms. The predicted molar refractivity (Wildman–Crippen MR) is 82.4 cm³/mol. The number of aromatic nitrogens is 2. The van der Waals surface area contributed by atoms with Gasteiger partial charge >= 0.3 is 0 Å². The third kappa shape index (κ3) is 3.39. The minimum Gasteiger partial charge on any atom is -0.377 e. The number of aryl methyl sites for hydroxylation is 1. The number of nitrogens with zero attached hydrogens (tertiary/aromatic N) is 3. The standard InChI is InChI=1S/C15H26N4O/c1-5-12-17-13(16-6-2)10-14(18-12)19-9-7-8-15(3,11-19)20-4/h10H,5-9,11H2,1-4H3,(H,16,17,18). The Bertz CT molecular complexity index is 451. The molecule has 1 fully saturated rings. The van der Waals surface area contributed by atoms with E-state index < -0.39 is 0 Å². The Hall–Kier alpha value is -1.36. The quantitative estimate of drug-likeness (QED) is 0.896. The Morgan fingerprint density at radius 2 is 2.20 bits per heavy atom. The average molecular weight is 278 g/mol. The lowest BCUT2D eigenvalue weighted by Crippen LogP contribution is -2.47. The van der Waals surface area contributed by atoms with E-state index >= 15 is 0 Å². The Labute approximate surface area is 121 Å². The van der Waals surface area contributed by atoms with Gasteiger partial charge in [-0.05, 0) is 26.7 Å². The molecule has 1 unspecified atom stereocenters. The zero-order chi connectivity index (χ0) is 14.6. The summed E-state index contributed by atoms with van der Waals surface area (Å²) in [5.41, 5.74) is -0.0755. The molecule has 1 N–H and O–H groups in total. The molecule has 1 aromatic heterocycles. The molecule has 0 spiro atoms. The van der Waals surface area contributed by atoms with E-state index in [1.54, 1.807) is 7.11 Å². The fourth-order valence-electron chi connectivity index (χ4n) is 2.64. The minimum absolute atomic E-state index is 0.0755. The molecule has 1 aromatic rings. The van der Waals surface area contributed by atoms with Crippen LogP contribution in [0.15, 0.2) is 6.07 Å². The van der Waals surface area contributed by atoms with Crippen LogP contribution in [0, 0.1) is 0 Å². The Morgan fingerprint density at radius 1 is 1.40 bits per heavy atom. The van der Waals surface area contributed by atoms with Crippen LogP contribution >= 0.6 is 0 Å². The van der Waals surface area contributed by atoms with Gasteiger partial charge in [0.1, 0.15) is 17.5 Å². The van der Waals surface area contributed by atoms with Crippen molar-refractivity contribution in [3.05, 3.63) is 11.9 Å². The highest BCUT2D eigenvalue weighted by atomic mass is 16.5. The van der Waals surface area contributed by atoms with E-state index in [1.165, 1.54) is 0 Å². The van der Waals surface area contributed by atoms with E-state index in [4.69, 9.17) is 4.74 Å². The molecule has 2 heterocycles. The van der Waals surface area contributed by atoms with Gasteiger partial charge in [0.25, 0.3) is 0 Å². The number of anilines is 2. The largest absolute Gasteiger partial charge is 0.377 e. The number of hydrogen-bond donors (Lipinski definition) is 1. The maximum Gasteiger partial charge on any atom is 0.134 e. The molecule has 0 aliphatic carbocycles. The fourth-order valence-corrected chi connectivity index (χ4v) is 2.64. The van der Waals surface area contributed by atoms with Crippen LogP contribution in [-0.4, -0.2) is 42.3 Å². The van der Waals surface area contributed by atoms with Gasteiger partial charge < -0.3 is 15.0 Å². The summed E-state index contributed by atoms with van der Waals surface area (Å²) in [6.45, 7) is 9.13. The first-order valence-corrected chi connectivity index (χ1v) is 7.52. The highest BCUT2D eigenvalue weighted by Gasteiger charge is 2.31. The first-order valence-electron chi connectivity index (χ1n) is 7.52. The van der Waals surface area contributed by atoms with Crippen molar-refractivity contribution >= 4 is 11.6 Å². The van der Waals surface area contributed by atoms with Gasteiger partial charge in [-0.15, -0.1) is 0 Å². The molecule has 1 atom stereocenters. The summed E-state index contributed by atoms with van der Waals surface area (Å²) in [6, 6.07) is 2.05. The molecular formula is C15H26N4O. The summed E-state index contributed by atoms with van der Waals surface area (Å²) < 4.78 is 5.66. The number of ether oxygens (including phenoxy) is 1. The number of methoxy groups -OCH3 is 1. The van der Waals surface area contributed by atoms with Crippen LogP contribution in [0.25, 0.3) is 0 Å². The van der Waals surface area contributed by atoms with E-state index in [0.29, 0.717) is 0 Å². The zero-order valence-corrected chi connectivity index (χ0v) is 13.1. The second-order valence-corrected chi connectivity index (χ2v) is 5.59. The normalized spacial score (nSPS) is 22.9. The van der Waals surface area contributed by atoms with Crippen molar-refractivity contribution in [3.63, 3.8) is 0 Å². The van der Waals surface area contributed by atoms with Crippen molar-refractivity contribution in [2.24, 2.45) is 0 Å². The van der Waals surface area contributed by atoms with Crippen LogP contribution in [0.2, 0.25) is 0 Å². The lowest BCUT2D eigenvalue weighted by Gasteiger charge is -2.40. The number of piperidine rings is 1. The van der Waals surface area contributed by atoms with Crippen LogP contribution in [0.1, 0.15) is 39.4 Å². The summed E-state index contributed by atoms with van der Waals surface area (Å²) in [4.78, 5) is 11.5. The Kier molecular flexibility index (Phi) is 4.81. The Balaban J connectivity index is 2.24. The van der Waals surface area contributed by atoms with Crippen molar-refractivity contribution in [1.29, 1.82) is 0 Å². The van der Waals surface area contributed by atoms with Crippen LogP contribution in [0.4, 0.5) is 11.6 Å². The maximum absolute atomic E-state index is 5.66. The Morgan fingerprint density at radius 3 is 2.85 bits per heavy atom. The number of rotatable bonds is 5. The third-order valence-electron chi connectivity index (χ3n) is 3.91. The monoisotopic (exact) mass is 278 g/mol. The van der Waals surface area contributed by atoms with Crippen LogP contribution in [-0.2, 0) is 11.2 Å². The molecule has 1 aliphatic rings. The van der Waals surface area contributed by atoms with Gasteiger partial charge in [-0.2, -0.15) is 0 Å². The minimum atomic E-state index is -0.0755. The smallest absolute Gasteiger partial charge is 0.134 e. The fraction of sp³-hybridized carbons (Fsp3) is 0.733. The first-order chi connectivity index (χ1) is 9.60. The van der Waals surface area contributed by atoms with Gasteiger partial charge in [0.05, 0.1) is 5.60 Å². The van der Waals surface area contributed by atoms with Gasteiger partial charge in [0.15, 0.2) is 0 Å². The zero-order valence-electron chi connectivity index (χ0n) is 13.1. The summed E-state index contributed by atoms with van der Waals surface area (Å²) in [5.74, 6) is 2.82. The average Bonchev–Trinajstić information content (AvgIpc) is 2.47. The highest BCUT2D eigenvalue weighted by Crippen LogP contribution is 2.28. The first kappa shape index (κ1) is 15.0. The van der Waals surface area contributed by atoms with Crippen molar-refractivity contribution in [3.8, 4) is 0 Å². The van der Waals surface area contributed by atoms with E-state index in [9.17, 15) is 0 Å². The molecule has 20 heavy (non-hydrogen) atoms. The topological polar surface area (TPSA) is 50.3 Å². The number of nitrogens with one attached hydrogen (secondary N) is 1. The summed E-state index contributed by atoms with van der Waals surface area (Å²) >= 11 is 0.